The lowest BCUT2D eigenvalue weighted by atomic mass is 10.4. The fourth-order valence-corrected chi connectivity index (χ4v) is 2.33. The Morgan fingerprint density at radius 1 is 1.00 bits per heavy atom. The highest BCUT2D eigenvalue weighted by molar-refractivity contribution is 7.83. The number of nitrogens with zero attached hydrogens (tertiary/aromatic N) is 2. The molecule has 0 fully saturated rings. The summed E-state index contributed by atoms with van der Waals surface area (Å²) in [6, 6.07) is 0. The van der Waals surface area contributed by atoms with E-state index in [1.54, 1.807) is 0 Å². The van der Waals surface area contributed by atoms with E-state index in [0.29, 0.717) is 11.5 Å². The lowest BCUT2D eigenvalue weighted by molar-refractivity contribution is -0.142. The molecule has 0 aliphatic carbocycles. The van der Waals surface area contributed by atoms with Gasteiger partial charge in [0.05, 0.1) is 6.54 Å². The molecule has 0 bridgehead atoms. The SMILES string of the molecule is CC(F)(F)Cn1c(S)c(S)n(CC(F)(F)F)c1=S. The second kappa shape index (κ2) is 5.04. The van der Waals surface area contributed by atoms with Crippen LogP contribution in [-0.4, -0.2) is 21.2 Å². The first-order valence-corrected chi connectivity index (χ1v) is 5.88. The second-order valence-electron chi connectivity index (χ2n) is 3.79. The van der Waals surface area contributed by atoms with E-state index in [1.807, 2.05) is 0 Å². The van der Waals surface area contributed by atoms with Crippen LogP contribution in [0.5, 0.6) is 0 Å². The van der Waals surface area contributed by atoms with Crippen LogP contribution in [-0.2, 0) is 13.1 Å². The van der Waals surface area contributed by atoms with E-state index in [9.17, 15) is 22.0 Å². The Bertz CT molecular complexity index is 454. The van der Waals surface area contributed by atoms with Crippen LogP contribution in [0.4, 0.5) is 22.0 Å². The Hall–Kier alpha value is -0.220. The van der Waals surface area contributed by atoms with Crippen molar-refractivity contribution in [1.29, 1.82) is 0 Å². The van der Waals surface area contributed by atoms with Crippen molar-refractivity contribution >= 4 is 37.5 Å². The maximum Gasteiger partial charge on any atom is 0.406 e. The van der Waals surface area contributed by atoms with Crippen LogP contribution in [0, 0.1) is 4.77 Å². The summed E-state index contributed by atoms with van der Waals surface area (Å²) >= 11 is 12.4. The number of halogens is 5. The van der Waals surface area contributed by atoms with Crippen molar-refractivity contribution in [1.82, 2.24) is 9.13 Å². The average Bonchev–Trinajstić information content (AvgIpc) is 2.31. The molecular formula is C8H9F5N2S3. The maximum absolute atomic E-state index is 12.9. The standard InChI is InChI=1S/C8H9F5N2S3/c1-7(9,10)2-14-4(16)5(17)15(6(14)18)3-8(11,12)13/h16-17H,2-3H2,1H3. The highest BCUT2D eigenvalue weighted by Gasteiger charge is 2.32. The van der Waals surface area contributed by atoms with Crippen molar-refractivity contribution in [3.63, 3.8) is 0 Å². The van der Waals surface area contributed by atoms with Crippen molar-refractivity contribution in [3.8, 4) is 0 Å². The zero-order valence-corrected chi connectivity index (χ0v) is 11.6. The summed E-state index contributed by atoms with van der Waals surface area (Å²) in [6.45, 7) is -1.59. The average molecular weight is 324 g/mol. The molecule has 0 atom stereocenters. The van der Waals surface area contributed by atoms with Gasteiger partial charge in [0.1, 0.15) is 16.6 Å². The van der Waals surface area contributed by atoms with Crippen molar-refractivity contribution in [3.05, 3.63) is 4.77 Å². The minimum absolute atomic E-state index is 0.117. The monoisotopic (exact) mass is 324 g/mol. The largest absolute Gasteiger partial charge is 0.406 e. The van der Waals surface area contributed by atoms with Crippen molar-refractivity contribution < 1.29 is 22.0 Å². The van der Waals surface area contributed by atoms with Gasteiger partial charge in [-0.1, -0.05) is 0 Å². The van der Waals surface area contributed by atoms with Crippen LogP contribution in [0.2, 0.25) is 0 Å². The molecule has 0 N–H and O–H groups in total. The first-order chi connectivity index (χ1) is 7.92. The quantitative estimate of drug-likeness (QED) is 0.489. The van der Waals surface area contributed by atoms with Gasteiger partial charge in [0, 0.05) is 6.92 Å². The molecule has 0 unspecified atom stereocenters. The molecule has 1 rings (SSSR count). The molecule has 0 aliphatic heterocycles. The minimum atomic E-state index is -4.52. The fourth-order valence-electron chi connectivity index (χ4n) is 1.31. The van der Waals surface area contributed by atoms with E-state index in [1.165, 1.54) is 0 Å². The van der Waals surface area contributed by atoms with Crippen LogP contribution >= 0.6 is 37.5 Å². The van der Waals surface area contributed by atoms with Gasteiger partial charge in [0.2, 0.25) is 0 Å². The van der Waals surface area contributed by atoms with E-state index >= 15 is 0 Å². The van der Waals surface area contributed by atoms with Gasteiger partial charge in [-0.2, -0.15) is 13.2 Å². The Labute approximate surface area is 116 Å². The predicted molar refractivity (Wildman–Crippen MR) is 64.4 cm³/mol. The molecule has 2 nitrogen and oxygen atoms in total. The van der Waals surface area contributed by atoms with Crippen LogP contribution < -0.4 is 0 Å². The first kappa shape index (κ1) is 15.8. The molecule has 0 aliphatic rings. The number of rotatable bonds is 3. The smallest absolute Gasteiger partial charge is 0.305 e. The Kier molecular flexibility index (Phi) is 4.44. The van der Waals surface area contributed by atoms with Crippen LogP contribution in [0.15, 0.2) is 10.1 Å². The first-order valence-electron chi connectivity index (χ1n) is 4.58. The zero-order valence-electron chi connectivity index (χ0n) is 9.00. The molecule has 1 aromatic rings. The van der Waals surface area contributed by atoms with E-state index < -0.39 is 25.2 Å². The normalized spacial score (nSPS) is 13.1. The molecule has 10 heteroatoms. The number of aromatic nitrogens is 2. The number of thiol groups is 2. The molecule has 0 saturated heterocycles. The summed E-state index contributed by atoms with van der Waals surface area (Å²) in [5, 5.41) is -0.306. The van der Waals surface area contributed by atoms with E-state index in [4.69, 9.17) is 12.2 Å². The molecule has 0 aromatic carbocycles. The third-order valence-electron chi connectivity index (χ3n) is 1.95. The van der Waals surface area contributed by atoms with Gasteiger partial charge >= 0.3 is 6.18 Å². The molecule has 0 spiro atoms. The second-order valence-corrected chi connectivity index (χ2v) is 5.00. The minimum Gasteiger partial charge on any atom is -0.305 e. The number of imidazole rings is 1. The van der Waals surface area contributed by atoms with Crippen molar-refractivity contribution in [2.75, 3.05) is 0 Å². The summed E-state index contributed by atoms with van der Waals surface area (Å²) in [6.07, 6.45) is -4.52. The number of hydrogen-bond donors (Lipinski definition) is 2. The van der Waals surface area contributed by atoms with Crippen LogP contribution in [0.25, 0.3) is 0 Å². The molecule has 104 valence electrons. The zero-order chi connectivity index (χ0) is 14.3. The summed E-state index contributed by atoms with van der Waals surface area (Å²) in [4.78, 5) is 0. The highest BCUT2D eigenvalue weighted by Crippen LogP contribution is 2.28. The van der Waals surface area contributed by atoms with Crippen molar-refractivity contribution in [2.45, 2.75) is 42.2 Å². The Balaban J connectivity index is 3.25. The van der Waals surface area contributed by atoms with Crippen LogP contribution in [0.1, 0.15) is 6.92 Å². The molecular weight excluding hydrogens is 315 g/mol. The predicted octanol–water partition coefficient (Wildman–Crippen LogP) is 3.81. The third kappa shape index (κ3) is 3.89. The lowest BCUT2D eigenvalue weighted by Gasteiger charge is -2.12. The number of hydrogen-bond acceptors (Lipinski definition) is 3. The van der Waals surface area contributed by atoms with E-state index in [-0.39, 0.29) is 14.8 Å². The fraction of sp³-hybridized carbons (Fsp3) is 0.625. The van der Waals surface area contributed by atoms with Gasteiger partial charge in [-0.25, -0.2) is 8.78 Å². The molecule has 1 heterocycles. The molecule has 0 amide bonds. The van der Waals surface area contributed by atoms with E-state index in [2.05, 4.69) is 25.3 Å². The summed E-state index contributed by atoms with van der Waals surface area (Å²) < 4.78 is 63.7. The lowest BCUT2D eigenvalue weighted by Crippen LogP contribution is -2.21. The van der Waals surface area contributed by atoms with Gasteiger partial charge in [-0.15, -0.1) is 25.3 Å². The van der Waals surface area contributed by atoms with Crippen LogP contribution in [0.3, 0.4) is 0 Å². The maximum atomic E-state index is 12.9. The molecule has 1 aromatic heterocycles. The van der Waals surface area contributed by atoms with Crippen molar-refractivity contribution in [2.24, 2.45) is 0 Å². The van der Waals surface area contributed by atoms with Gasteiger partial charge in [-0.3, -0.25) is 0 Å². The molecule has 0 saturated carbocycles. The van der Waals surface area contributed by atoms with Gasteiger partial charge in [0.25, 0.3) is 5.92 Å². The van der Waals surface area contributed by atoms with E-state index in [0.717, 1.165) is 4.57 Å². The Morgan fingerprint density at radius 3 is 1.72 bits per heavy atom. The molecule has 0 radical (unpaired) electrons. The van der Waals surface area contributed by atoms with Gasteiger partial charge in [0.15, 0.2) is 4.77 Å². The summed E-state index contributed by atoms with van der Waals surface area (Å²) in [5.41, 5.74) is 0. The molecule has 18 heavy (non-hydrogen) atoms. The number of alkyl halides is 5. The Morgan fingerprint density at radius 2 is 1.39 bits per heavy atom. The van der Waals surface area contributed by atoms with Gasteiger partial charge < -0.3 is 9.13 Å². The van der Waals surface area contributed by atoms with Gasteiger partial charge in [-0.05, 0) is 12.2 Å². The summed E-state index contributed by atoms with van der Waals surface area (Å²) in [7, 11) is 0. The summed E-state index contributed by atoms with van der Waals surface area (Å²) in [5.74, 6) is -3.11. The highest BCUT2D eigenvalue weighted by atomic mass is 32.1. The third-order valence-corrected chi connectivity index (χ3v) is 3.47. The topological polar surface area (TPSA) is 9.86 Å².